The summed E-state index contributed by atoms with van der Waals surface area (Å²) >= 11 is 4.04. The van der Waals surface area contributed by atoms with E-state index in [1.807, 2.05) is 24.3 Å². The Morgan fingerprint density at radius 1 is 0.491 bits per heavy atom. The zero-order valence-electron chi connectivity index (χ0n) is 31.5. The maximum atomic E-state index is 14.3. The maximum Gasteiger partial charge on any atom is 0.124 e. The summed E-state index contributed by atoms with van der Waals surface area (Å²) in [6.45, 7) is 1.27. The monoisotopic (exact) mass is 802 g/mol. The summed E-state index contributed by atoms with van der Waals surface area (Å²) in [6.07, 6.45) is 19.2. The molecule has 1 unspecified atom stereocenters. The van der Waals surface area contributed by atoms with Crippen LogP contribution >= 0.6 is 15.9 Å². The Bertz CT molecular complexity index is 2600. The Morgan fingerprint density at radius 2 is 0.982 bits per heavy atom. The predicted octanol–water partition coefficient (Wildman–Crippen LogP) is 9.41. The largest absolute Gasteiger partial charge is 0.494 e. The molecule has 0 bridgehead atoms. The van der Waals surface area contributed by atoms with Crippen molar-refractivity contribution in [2.24, 2.45) is 0 Å². The first-order valence-electron chi connectivity index (χ1n) is 18.5. The van der Waals surface area contributed by atoms with Gasteiger partial charge in [0.25, 0.3) is 0 Å². The van der Waals surface area contributed by atoms with E-state index in [1.54, 1.807) is 12.1 Å². The van der Waals surface area contributed by atoms with Gasteiger partial charge in [-0.3, -0.25) is 0 Å². The lowest BCUT2D eigenvalue weighted by Gasteiger charge is -2.26. The molecule has 0 saturated carbocycles. The van der Waals surface area contributed by atoms with Crippen molar-refractivity contribution < 1.29 is 13.9 Å². The number of hydrogen-bond donors (Lipinski definition) is 0. The van der Waals surface area contributed by atoms with E-state index in [2.05, 4.69) is 165 Å². The van der Waals surface area contributed by atoms with Crippen molar-refractivity contribution in [2.45, 2.75) is 68.5 Å². The Kier molecular flexibility index (Phi) is 19.3. The van der Waals surface area contributed by atoms with Gasteiger partial charge < -0.3 is 9.47 Å². The molecular formula is C53H36BrFO2. The topological polar surface area (TPSA) is 18.5 Å². The van der Waals surface area contributed by atoms with Crippen LogP contribution in [0.3, 0.4) is 0 Å². The molecule has 3 aromatic rings. The molecule has 4 rings (SSSR count). The minimum absolute atomic E-state index is 0.250. The normalized spacial score (nSPS) is 11.5. The first-order valence-corrected chi connectivity index (χ1v) is 19.3. The number of ether oxygens (including phenoxy) is 2. The highest BCUT2D eigenvalue weighted by molar-refractivity contribution is 9.10. The minimum atomic E-state index is -0.629. The number of benzene rings is 3. The van der Waals surface area contributed by atoms with Crippen molar-refractivity contribution in [3.05, 3.63) is 89.2 Å². The van der Waals surface area contributed by atoms with Crippen LogP contribution in [0, 0.1) is 137 Å². The van der Waals surface area contributed by atoms with Crippen LogP contribution in [0.15, 0.2) is 66.7 Å². The van der Waals surface area contributed by atoms with Gasteiger partial charge >= 0.3 is 0 Å². The molecule has 0 aromatic heterocycles. The molecule has 57 heavy (non-hydrogen) atoms. The second kappa shape index (κ2) is 25.8. The Morgan fingerprint density at radius 3 is 1.54 bits per heavy atom. The van der Waals surface area contributed by atoms with Crippen LogP contribution in [0.25, 0.3) is 11.1 Å². The average Bonchev–Trinajstić information content (AvgIpc) is 3.49. The van der Waals surface area contributed by atoms with Crippen LogP contribution in [-0.4, -0.2) is 13.2 Å². The van der Waals surface area contributed by atoms with Crippen LogP contribution < -0.4 is 4.74 Å². The van der Waals surface area contributed by atoms with E-state index in [4.69, 9.17) is 15.9 Å². The van der Waals surface area contributed by atoms with Crippen LogP contribution in [0.1, 0.15) is 80.9 Å². The molecule has 0 amide bonds. The van der Waals surface area contributed by atoms with Gasteiger partial charge in [0.1, 0.15) is 28.6 Å². The third kappa shape index (κ3) is 14.9. The molecule has 274 valence electrons. The maximum absolute atomic E-state index is 14.3. The highest BCUT2D eigenvalue weighted by Gasteiger charge is 2.43. The molecule has 1 aliphatic rings. The summed E-state index contributed by atoms with van der Waals surface area (Å²) in [5.41, 5.74) is 5.35. The van der Waals surface area contributed by atoms with Crippen molar-refractivity contribution in [3.8, 4) is 148 Å². The standard InChI is InChI=1S/C53H36BrFO2/c1-2-3-4-5-6-7-8-9-10-11-12-13-14-15-16-17-20-23-26-31-41-56-42-32-27-24-21-18-19-22-25-28-33-43-57-48-39-40-50-49-37-29-30-38-51(49)53(54,52(50)45-48)46-35-34-36-47(55)44-46/h1,29-30,34-40,44-45H,18-19,21-22,24-25,27-28,32-33,42-43H2. The van der Waals surface area contributed by atoms with Crippen LogP contribution in [-0.2, 0) is 9.06 Å². The van der Waals surface area contributed by atoms with Crippen LogP contribution in [0.5, 0.6) is 5.75 Å². The van der Waals surface area contributed by atoms with Gasteiger partial charge in [-0.1, -0.05) is 110 Å². The highest BCUT2D eigenvalue weighted by Crippen LogP contribution is 2.56. The van der Waals surface area contributed by atoms with Crippen molar-refractivity contribution >= 4 is 15.9 Å². The van der Waals surface area contributed by atoms with Gasteiger partial charge in [-0.05, 0) is 112 Å². The number of alkyl halides is 1. The third-order valence-corrected chi connectivity index (χ3v) is 9.71. The number of terminal acetylenes is 1. The van der Waals surface area contributed by atoms with E-state index < -0.39 is 4.32 Å². The van der Waals surface area contributed by atoms with Crippen LogP contribution in [0.2, 0.25) is 0 Å². The van der Waals surface area contributed by atoms with Crippen molar-refractivity contribution in [1.29, 1.82) is 0 Å². The van der Waals surface area contributed by atoms with E-state index in [0.717, 1.165) is 59.3 Å². The smallest absolute Gasteiger partial charge is 0.124 e. The molecule has 0 radical (unpaired) electrons. The first-order chi connectivity index (χ1) is 28.1. The fourth-order valence-electron chi connectivity index (χ4n) is 5.87. The quantitative estimate of drug-likeness (QED) is 0.0867. The fourth-order valence-corrected chi connectivity index (χ4v) is 6.79. The minimum Gasteiger partial charge on any atom is -0.494 e. The Hall–Kier alpha value is -7.17. The van der Waals surface area contributed by atoms with Crippen LogP contribution in [0.4, 0.5) is 4.39 Å². The number of hydrogen-bond acceptors (Lipinski definition) is 2. The number of halogens is 2. The third-order valence-electron chi connectivity index (χ3n) is 8.40. The zero-order valence-corrected chi connectivity index (χ0v) is 33.1. The molecule has 3 aromatic carbocycles. The lowest BCUT2D eigenvalue weighted by molar-refractivity contribution is 0.267. The predicted molar refractivity (Wildman–Crippen MR) is 231 cm³/mol. The molecular weight excluding hydrogens is 767 g/mol. The van der Waals surface area contributed by atoms with Gasteiger partial charge in [-0.2, -0.15) is 0 Å². The fraction of sp³-hybridized carbons (Fsp3) is 0.245. The Balaban J connectivity index is 0.995. The summed E-state index contributed by atoms with van der Waals surface area (Å²) in [7, 11) is 0. The molecule has 0 saturated heterocycles. The second-order valence-electron chi connectivity index (χ2n) is 12.3. The molecule has 0 heterocycles. The van der Waals surface area contributed by atoms with Crippen molar-refractivity contribution in [1.82, 2.24) is 0 Å². The molecule has 0 fully saturated rings. The first kappa shape index (κ1) is 42.6. The lowest BCUT2D eigenvalue weighted by atomic mass is 9.89. The lowest BCUT2D eigenvalue weighted by Crippen LogP contribution is -2.18. The summed E-state index contributed by atoms with van der Waals surface area (Å²) < 4.78 is 25.2. The average molecular weight is 804 g/mol. The number of unbranched alkanes of at least 4 members (excludes halogenated alkanes) is 9. The summed E-state index contributed by atoms with van der Waals surface area (Å²) in [6, 6.07) is 21.4. The van der Waals surface area contributed by atoms with Crippen molar-refractivity contribution in [3.63, 3.8) is 0 Å². The number of rotatable bonds is 15. The molecule has 0 aliphatic heterocycles. The van der Waals surface area contributed by atoms with Gasteiger partial charge in [0.2, 0.25) is 0 Å². The molecule has 2 nitrogen and oxygen atoms in total. The van der Waals surface area contributed by atoms with E-state index in [9.17, 15) is 4.39 Å². The zero-order chi connectivity index (χ0) is 40.1. The molecule has 1 atom stereocenters. The second-order valence-corrected chi connectivity index (χ2v) is 13.5. The molecule has 0 N–H and O–H groups in total. The molecule has 1 aliphatic carbocycles. The van der Waals surface area contributed by atoms with Gasteiger partial charge in [0.05, 0.1) is 6.61 Å². The molecule has 0 spiro atoms. The van der Waals surface area contributed by atoms with Gasteiger partial charge in [-0.25, -0.2) is 4.39 Å². The van der Waals surface area contributed by atoms with Crippen molar-refractivity contribution in [2.75, 3.05) is 13.2 Å². The molecule has 4 heteroatoms. The summed E-state index contributed by atoms with van der Waals surface area (Å²) in [5.74, 6) is 50.7. The van der Waals surface area contributed by atoms with Gasteiger partial charge in [-0.15, -0.1) is 6.42 Å². The van der Waals surface area contributed by atoms with E-state index in [0.29, 0.717) is 13.2 Å². The SMILES string of the molecule is C#CC#CC#CC#CC#CC#CC#CC#CC#CC#CC#COCCCCCCCCCCCCOc1ccc2c(c1)C(Br)(c1cccc(F)c1)c1ccccc1-2. The number of fused-ring (bicyclic) bond motifs is 3. The Labute approximate surface area is 347 Å². The van der Waals surface area contributed by atoms with E-state index in [1.165, 1.54) is 44.6 Å². The van der Waals surface area contributed by atoms with E-state index in [-0.39, 0.29) is 5.82 Å². The van der Waals surface area contributed by atoms with E-state index >= 15 is 0 Å². The summed E-state index contributed by atoms with van der Waals surface area (Å²) in [4.78, 5) is 0. The van der Waals surface area contributed by atoms with Gasteiger partial charge in [0, 0.05) is 71.0 Å². The highest BCUT2D eigenvalue weighted by atomic mass is 79.9. The van der Waals surface area contributed by atoms with Gasteiger partial charge in [0.15, 0.2) is 0 Å². The summed E-state index contributed by atoms with van der Waals surface area (Å²) in [5, 5.41) is 0.